The van der Waals surface area contributed by atoms with Gasteiger partial charge < -0.3 is 0 Å². The van der Waals surface area contributed by atoms with Gasteiger partial charge in [-0.1, -0.05) is 12.1 Å². The first kappa shape index (κ1) is 16.9. The zero-order valence-electron chi connectivity index (χ0n) is 13.0. The predicted molar refractivity (Wildman–Crippen MR) is 80.9 cm³/mol. The normalized spacial score (nSPS) is 13.4. The van der Waals surface area contributed by atoms with E-state index >= 15 is 0 Å². The lowest BCUT2D eigenvalue weighted by atomic mass is 10.1. The van der Waals surface area contributed by atoms with E-state index in [4.69, 9.17) is 0 Å². The van der Waals surface area contributed by atoms with Gasteiger partial charge in [-0.2, -0.15) is 18.3 Å². The van der Waals surface area contributed by atoms with E-state index in [0.29, 0.717) is 5.56 Å². The van der Waals surface area contributed by atoms with Crippen molar-refractivity contribution in [1.29, 1.82) is 0 Å². The molecule has 3 aromatic rings. The van der Waals surface area contributed by atoms with Crippen molar-refractivity contribution in [2.24, 2.45) is 0 Å². The van der Waals surface area contributed by atoms with Crippen molar-refractivity contribution in [2.45, 2.75) is 26.1 Å². The third-order valence-corrected chi connectivity index (χ3v) is 3.84. The molecular formula is C15H12F4N4O2. The van der Waals surface area contributed by atoms with Crippen molar-refractivity contribution < 1.29 is 17.6 Å². The van der Waals surface area contributed by atoms with Crippen LogP contribution in [0.1, 0.15) is 29.8 Å². The maximum atomic E-state index is 14.2. The molecule has 2 heterocycles. The third-order valence-electron chi connectivity index (χ3n) is 3.84. The molecule has 0 bridgehead atoms. The SMILES string of the molecule is Cc1ccc(C(C)n2nc(C(F)(F)F)c3c(=O)[nH]c(=O)[nH]c32)c(F)c1. The van der Waals surface area contributed by atoms with E-state index in [1.807, 2.05) is 0 Å². The lowest BCUT2D eigenvalue weighted by Gasteiger charge is -2.15. The second-order valence-corrected chi connectivity index (χ2v) is 5.62. The Bertz CT molecular complexity index is 1080. The molecule has 0 aliphatic carbocycles. The number of hydrogen-bond acceptors (Lipinski definition) is 3. The molecule has 0 radical (unpaired) electrons. The molecule has 1 aromatic carbocycles. The molecule has 0 aliphatic rings. The van der Waals surface area contributed by atoms with Crippen LogP contribution in [0.4, 0.5) is 17.6 Å². The van der Waals surface area contributed by atoms with Crippen molar-refractivity contribution in [3.05, 3.63) is 61.7 Å². The fraction of sp³-hybridized carbons (Fsp3) is 0.267. The molecule has 1 atom stereocenters. The van der Waals surface area contributed by atoms with Crippen molar-refractivity contribution >= 4 is 11.0 Å². The van der Waals surface area contributed by atoms with Gasteiger partial charge in [-0.25, -0.2) is 13.9 Å². The van der Waals surface area contributed by atoms with Gasteiger partial charge >= 0.3 is 11.9 Å². The number of halogens is 4. The van der Waals surface area contributed by atoms with Gasteiger partial charge in [0.2, 0.25) is 0 Å². The van der Waals surface area contributed by atoms with Gasteiger partial charge in [-0.15, -0.1) is 0 Å². The van der Waals surface area contributed by atoms with Crippen LogP contribution in [0.2, 0.25) is 0 Å². The summed E-state index contributed by atoms with van der Waals surface area (Å²) in [4.78, 5) is 27.2. The molecule has 3 rings (SSSR count). The number of alkyl halides is 3. The van der Waals surface area contributed by atoms with Crippen molar-refractivity contribution in [1.82, 2.24) is 19.7 Å². The van der Waals surface area contributed by atoms with Crippen molar-refractivity contribution in [2.75, 3.05) is 0 Å². The molecule has 2 N–H and O–H groups in total. The fourth-order valence-electron chi connectivity index (χ4n) is 2.66. The van der Waals surface area contributed by atoms with Crippen LogP contribution in [0.15, 0.2) is 27.8 Å². The molecule has 6 nitrogen and oxygen atoms in total. The first-order chi connectivity index (χ1) is 11.6. The maximum absolute atomic E-state index is 14.2. The van der Waals surface area contributed by atoms with Gasteiger partial charge in [-0.05, 0) is 25.5 Å². The van der Waals surface area contributed by atoms with E-state index in [1.54, 1.807) is 18.0 Å². The summed E-state index contributed by atoms with van der Waals surface area (Å²) >= 11 is 0. The van der Waals surface area contributed by atoms with Crippen molar-refractivity contribution in [3.8, 4) is 0 Å². The van der Waals surface area contributed by atoms with Gasteiger partial charge in [-0.3, -0.25) is 14.8 Å². The number of benzene rings is 1. The highest BCUT2D eigenvalue weighted by molar-refractivity contribution is 5.77. The summed E-state index contributed by atoms with van der Waals surface area (Å²) in [5.41, 5.74) is -3.35. The summed E-state index contributed by atoms with van der Waals surface area (Å²) in [5, 5.41) is 2.64. The van der Waals surface area contributed by atoms with Crippen LogP contribution in [0.25, 0.3) is 11.0 Å². The minimum absolute atomic E-state index is 0.0739. The average molecular weight is 356 g/mol. The first-order valence-corrected chi connectivity index (χ1v) is 7.17. The number of aromatic nitrogens is 4. The summed E-state index contributed by atoms with van der Waals surface area (Å²) < 4.78 is 54.6. The van der Waals surface area contributed by atoms with Gasteiger partial charge in [0.25, 0.3) is 5.56 Å². The van der Waals surface area contributed by atoms with E-state index in [1.165, 1.54) is 19.1 Å². The van der Waals surface area contributed by atoms with Crippen LogP contribution in [0.3, 0.4) is 0 Å². The van der Waals surface area contributed by atoms with E-state index in [-0.39, 0.29) is 5.56 Å². The molecule has 0 spiro atoms. The predicted octanol–water partition coefficient (Wildman–Crippen LogP) is 2.49. The number of nitrogens with one attached hydrogen (secondary N) is 2. The van der Waals surface area contributed by atoms with E-state index < -0.39 is 46.0 Å². The Balaban J connectivity index is 2.33. The van der Waals surface area contributed by atoms with Crippen molar-refractivity contribution in [3.63, 3.8) is 0 Å². The largest absolute Gasteiger partial charge is 0.436 e. The molecule has 25 heavy (non-hydrogen) atoms. The zero-order chi connectivity index (χ0) is 18.5. The summed E-state index contributed by atoms with van der Waals surface area (Å²) in [6.45, 7) is 3.08. The minimum atomic E-state index is -4.92. The second-order valence-electron chi connectivity index (χ2n) is 5.62. The maximum Gasteiger partial charge on any atom is 0.436 e. The number of aromatic amines is 2. The fourth-order valence-corrected chi connectivity index (χ4v) is 2.66. The smallest absolute Gasteiger partial charge is 0.291 e. The van der Waals surface area contributed by atoms with Gasteiger partial charge in [0, 0.05) is 5.56 Å². The summed E-state index contributed by atoms with van der Waals surface area (Å²) in [7, 11) is 0. The first-order valence-electron chi connectivity index (χ1n) is 7.17. The number of fused-ring (bicyclic) bond motifs is 1. The topological polar surface area (TPSA) is 83.5 Å². The number of hydrogen-bond donors (Lipinski definition) is 2. The van der Waals surface area contributed by atoms with E-state index in [9.17, 15) is 27.2 Å². The Morgan fingerprint density at radius 3 is 2.48 bits per heavy atom. The molecule has 2 aromatic heterocycles. The van der Waals surface area contributed by atoms with Crippen LogP contribution in [-0.4, -0.2) is 19.7 Å². The quantitative estimate of drug-likeness (QED) is 0.692. The lowest BCUT2D eigenvalue weighted by molar-refractivity contribution is -0.140. The lowest BCUT2D eigenvalue weighted by Crippen LogP contribution is -2.24. The second kappa shape index (κ2) is 5.57. The average Bonchev–Trinajstić information content (AvgIpc) is 2.86. The highest BCUT2D eigenvalue weighted by Gasteiger charge is 2.39. The van der Waals surface area contributed by atoms with Gasteiger partial charge in [0.05, 0.1) is 6.04 Å². The van der Waals surface area contributed by atoms with Gasteiger partial charge in [0.1, 0.15) is 16.9 Å². The van der Waals surface area contributed by atoms with E-state index in [2.05, 4.69) is 10.1 Å². The Labute approximate surface area is 137 Å². The van der Waals surface area contributed by atoms with Crippen LogP contribution in [0.5, 0.6) is 0 Å². The molecule has 0 saturated heterocycles. The molecule has 0 aliphatic heterocycles. The zero-order valence-corrected chi connectivity index (χ0v) is 13.0. The Morgan fingerprint density at radius 1 is 1.20 bits per heavy atom. The number of rotatable bonds is 2. The Morgan fingerprint density at radius 2 is 1.88 bits per heavy atom. The molecule has 1 unspecified atom stereocenters. The molecule has 132 valence electrons. The molecule has 0 amide bonds. The molecule has 0 saturated carbocycles. The number of nitrogens with zero attached hydrogens (tertiary/aromatic N) is 2. The van der Waals surface area contributed by atoms with Crippen LogP contribution in [0, 0.1) is 12.7 Å². The monoisotopic (exact) mass is 356 g/mol. The summed E-state index contributed by atoms with van der Waals surface area (Å²) in [5.74, 6) is -0.628. The molecule has 10 heteroatoms. The van der Waals surface area contributed by atoms with Crippen LogP contribution >= 0.6 is 0 Å². The molecule has 0 fully saturated rings. The van der Waals surface area contributed by atoms with Gasteiger partial charge in [0.15, 0.2) is 5.69 Å². The highest BCUT2D eigenvalue weighted by Crippen LogP contribution is 2.33. The number of H-pyrrole nitrogens is 2. The summed E-state index contributed by atoms with van der Waals surface area (Å²) in [6.07, 6.45) is -4.92. The van der Waals surface area contributed by atoms with E-state index in [0.717, 1.165) is 4.68 Å². The minimum Gasteiger partial charge on any atom is -0.291 e. The molecular weight excluding hydrogens is 344 g/mol. The highest BCUT2D eigenvalue weighted by atomic mass is 19.4. The third kappa shape index (κ3) is 2.83. The van der Waals surface area contributed by atoms with Crippen LogP contribution < -0.4 is 11.2 Å². The summed E-state index contributed by atoms with van der Waals surface area (Å²) in [6, 6.07) is 3.26. The van der Waals surface area contributed by atoms with Crippen LogP contribution in [-0.2, 0) is 6.18 Å². The Kier molecular flexibility index (Phi) is 3.77. The Hall–Kier alpha value is -2.91. The standard InChI is InChI=1S/C15H12F4N4O2/c1-6-3-4-8(9(16)5-6)7(2)23-12-10(11(22-23)15(17,18)19)13(24)21-14(25)20-12/h3-5,7H,1-2H3,(H2,20,21,24,25). The number of aryl methyl sites for hydroxylation is 1.